The van der Waals surface area contributed by atoms with Crippen molar-refractivity contribution in [2.75, 3.05) is 33.4 Å². The maximum Gasteiger partial charge on any atom is 0.260 e. The van der Waals surface area contributed by atoms with Gasteiger partial charge in [0.1, 0.15) is 23.0 Å². The predicted octanol–water partition coefficient (Wildman–Crippen LogP) is 3.97. The second-order valence-electron chi connectivity index (χ2n) is 8.54. The molecule has 186 valence electrons. The first-order valence-electron chi connectivity index (χ1n) is 11.6. The van der Waals surface area contributed by atoms with E-state index in [2.05, 4.69) is 9.88 Å². The van der Waals surface area contributed by atoms with Crippen molar-refractivity contribution in [3.05, 3.63) is 75.5 Å². The molecule has 0 spiro atoms. The van der Waals surface area contributed by atoms with E-state index in [0.717, 1.165) is 17.5 Å². The van der Waals surface area contributed by atoms with Gasteiger partial charge in [0.2, 0.25) is 0 Å². The first kappa shape index (κ1) is 25.3. The maximum absolute atomic E-state index is 13.0. The van der Waals surface area contributed by atoms with E-state index in [9.17, 15) is 9.90 Å². The Bertz CT molecular complexity index is 1250. The number of methoxy groups -OCH3 is 1. The molecule has 3 aromatic heterocycles. The molecule has 0 bridgehead atoms. The van der Waals surface area contributed by atoms with E-state index in [1.54, 1.807) is 19.4 Å². The zero-order valence-electron chi connectivity index (χ0n) is 20.0. The molecular weight excluding hydrogens is 466 g/mol. The lowest BCUT2D eigenvalue weighted by Crippen LogP contribution is -2.36. The summed E-state index contributed by atoms with van der Waals surface area (Å²) in [7, 11) is 1.66. The van der Waals surface area contributed by atoms with Crippen molar-refractivity contribution in [3.63, 3.8) is 0 Å². The number of nitrogens with one attached hydrogen (secondary N) is 1. The molecule has 3 heterocycles. The zero-order valence-corrected chi connectivity index (χ0v) is 20.8. The molecule has 4 aromatic rings. The number of aromatic nitrogens is 2. The van der Waals surface area contributed by atoms with E-state index in [0.29, 0.717) is 54.6 Å². The summed E-state index contributed by atoms with van der Waals surface area (Å²) in [6.07, 6.45) is 1.69. The summed E-state index contributed by atoms with van der Waals surface area (Å²) in [6.45, 7) is 4.59. The van der Waals surface area contributed by atoms with Crippen molar-refractivity contribution >= 4 is 21.6 Å². The predicted molar refractivity (Wildman–Crippen MR) is 137 cm³/mol. The number of thiophene rings is 1. The third kappa shape index (κ3) is 6.87. The van der Waals surface area contributed by atoms with E-state index in [4.69, 9.17) is 18.9 Å². The molecule has 0 aliphatic carbocycles. The summed E-state index contributed by atoms with van der Waals surface area (Å²) in [6, 6.07) is 11.8. The van der Waals surface area contributed by atoms with Crippen LogP contribution in [0.2, 0.25) is 0 Å². The second-order valence-corrected chi connectivity index (χ2v) is 9.40. The number of benzene rings is 1. The molecule has 0 unspecified atom stereocenters. The van der Waals surface area contributed by atoms with Crippen LogP contribution in [0.3, 0.4) is 0 Å². The van der Waals surface area contributed by atoms with Gasteiger partial charge in [0.25, 0.3) is 5.56 Å². The van der Waals surface area contributed by atoms with Crippen LogP contribution in [0.15, 0.2) is 57.3 Å². The molecule has 1 aromatic carbocycles. The SMILES string of the molecule is COCCCN(Cc1nc2scc(-c3ccc(C)cc3)c2c(=O)[nH]1)C[C@@H](O)COCc1ccco1. The molecule has 0 radical (unpaired) electrons. The van der Waals surface area contributed by atoms with Crippen LogP contribution >= 0.6 is 11.3 Å². The topological polar surface area (TPSA) is 101 Å². The molecule has 4 rings (SSSR count). The molecule has 8 nitrogen and oxygen atoms in total. The molecule has 0 aliphatic heterocycles. The average Bonchev–Trinajstić information content (AvgIpc) is 3.50. The van der Waals surface area contributed by atoms with Gasteiger partial charge in [0.15, 0.2) is 0 Å². The van der Waals surface area contributed by atoms with E-state index >= 15 is 0 Å². The maximum atomic E-state index is 13.0. The largest absolute Gasteiger partial charge is 0.467 e. The van der Waals surface area contributed by atoms with Crippen molar-refractivity contribution in [1.29, 1.82) is 0 Å². The first-order valence-corrected chi connectivity index (χ1v) is 12.5. The minimum absolute atomic E-state index is 0.152. The third-order valence-electron chi connectivity index (χ3n) is 5.66. The molecule has 0 amide bonds. The fourth-order valence-electron chi connectivity index (χ4n) is 3.93. The van der Waals surface area contributed by atoms with Gasteiger partial charge in [0.05, 0.1) is 30.9 Å². The number of aryl methyl sites for hydroxylation is 1. The highest BCUT2D eigenvalue weighted by atomic mass is 32.1. The monoisotopic (exact) mass is 497 g/mol. The van der Waals surface area contributed by atoms with Gasteiger partial charge < -0.3 is 24.0 Å². The van der Waals surface area contributed by atoms with Crippen LogP contribution in [-0.4, -0.2) is 59.5 Å². The van der Waals surface area contributed by atoms with E-state index in [1.807, 2.05) is 42.6 Å². The van der Waals surface area contributed by atoms with Crippen LogP contribution in [0.25, 0.3) is 21.3 Å². The number of aromatic amines is 1. The van der Waals surface area contributed by atoms with Gasteiger partial charge in [-0.3, -0.25) is 9.69 Å². The molecule has 9 heteroatoms. The van der Waals surface area contributed by atoms with Gasteiger partial charge in [-0.2, -0.15) is 0 Å². The number of hydrogen-bond acceptors (Lipinski definition) is 8. The Labute approximate surface area is 208 Å². The van der Waals surface area contributed by atoms with Crippen LogP contribution in [0.1, 0.15) is 23.6 Å². The third-order valence-corrected chi connectivity index (χ3v) is 6.53. The number of aliphatic hydroxyl groups is 1. The van der Waals surface area contributed by atoms with Gasteiger partial charge in [-0.25, -0.2) is 4.98 Å². The van der Waals surface area contributed by atoms with Gasteiger partial charge in [-0.05, 0) is 31.0 Å². The Hall–Kier alpha value is -2.82. The lowest BCUT2D eigenvalue weighted by Gasteiger charge is -2.24. The standard InChI is InChI=1S/C26H31N3O5S/c1-18-6-8-19(9-7-18)22-17-35-26-24(22)25(31)27-23(28-26)14-29(10-4-11-32-2)13-20(30)15-33-16-21-5-3-12-34-21/h3,5-9,12,17,20,30H,4,10-11,13-16H2,1-2H3,(H,27,28,31)/t20-/m1/s1. The highest BCUT2D eigenvalue weighted by Crippen LogP contribution is 2.30. The lowest BCUT2D eigenvalue weighted by atomic mass is 10.1. The second kappa shape index (κ2) is 12.2. The summed E-state index contributed by atoms with van der Waals surface area (Å²) < 4.78 is 16.0. The number of hydrogen-bond donors (Lipinski definition) is 2. The minimum Gasteiger partial charge on any atom is -0.467 e. The van der Waals surface area contributed by atoms with Crippen LogP contribution in [-0.2, 0) is 22.6 Å². The van der Waals surface area contributed by atoms with Gasteiger partial charge in [-0.1, -0.05) is 29.8 Å². The molecule has 0 saturated heterocycles. The van der Waals surface area contributed by atoms with Gasteiger partial charge in [0, 0.05) is 37.7 Å². The summed E-state index contributed by atoms with van der Waals surface area (Å²) in [5.74, 6) is 1.28. The normalized spacial score (nSPS) is 12.6. The number of rotatable bonds is 13. The zero-order chi connectivity index (χ0) is 24.6. The highest BCUT2D eigenvalue weighted by Gasteiger charge is 2.17. The quantitative estimate of drug-likeness (QED) is 0.270. The van der Waals surface area contributed by atoms with E-state index in [1.165, 1.54) is 16.9 Å². The summed E-state index contributed by atoms with van der Waals surface area (Å²) in [5.41, 5.74) is 2.91. The fraction of sp³-hybridized carbons (Fsp3) is 0.385. The molecule has 0 aliphatic rings. The van der Waals surface area contributed by atoms with Crippen molar-refractivity contribution < 1.29 is 19.0 Å². The Morgan fingerprint density at radius 2 is 2.09 bits per heavy atom. The van der Waals surface area contributed by atoms with Crippen molar-refractivity contribution in [1.82, 2.24) is 14.9 Å². The molecule has 0 saturated carbocycles. The Balaban J connectivity index is 1.45. The number of H-pyrrole nitrogens is 1. The van der Waals surface area contributed by atoms with Gasteiger partial charge >= 0.3 is 0 Å². The smallest absolute Gasteiger partial charge is 0.260 e. The highest BCUT2D eigenvalue weighted by molar-refractivity contribution is 7.17. The van der Waals surface area contributed by atoms with Gasteiger partial charge in [-0.15, -0.1) is 11.3 Å². The Kier molecular flexibility index (Phi) is 8.84. The molecule has 0 fully saturated rings. The number of aliphatic hydroxyl groups excluding tert-OH is 1. The van der Waals surface area contributed by atoms with Crippen molar-refractivity contribution in [2.24, 2.45) is 0 Å². The first-order chi connectivity index (χ1) is 17.0. The van der Waals surface area contributed by atoms with Crippen LogP contribution in [0.5, 0.6) is 0 Å². The van der Waals surface area contributed by atoms with E-state index in [-0.39, 0.29) is 12.2 Å². The van der Waals surface area contributed by atoms with Crippen molar-refractivity contribution in [3.8, 4) is 11.1 Å². The lowest BCUT2D eigenvalue weighted by molar-refractivity contribution is 0.00246. The summed E-state index contributed by atoms with van der Waals surface area (Å²) in [4.78, 5) is 23.5. The van der Waals surface area contributed by atoms with Crippen LogP contribution < -0.4 is 5.56 Å². The van der Waals surface area contributed by atoms with Crippen LogP contribution in [0, 0.1) is 6.92 Å². The molecule has 2 N–H and O–H groups in total. The molecular formula is C26H31N3O5S. The van der Waals surface area contributed by atoms with Crippen LogP contribution in [0.4, 0.5) is 0 Å². The number of fused-ring (bicyclic) bond motifs is 1. The summed E-state index contributed by atoms with van der Waals surface area (Å²) >= 11 is 1.47. The minimum atomic E-state index is -0.696. The fourth-order valence-corrected chi connectivity index (χ4v) is 4.90. The molecule has 35 heavy (non-hydrogen) atoms. The Morgan fingerprint density at radius 1 is 1.26 bits per heavy atom. The number of nitrogens with zero attached hydrogens (tertiary/aromatic N) is 2. The average molecular weight is 498 g/mol. The number of furan rings is 1. The molecule has 1 atom stereocenters. The van der Waals surface area contributed by atoms with E-state index < -0.39 is 6.10 Å². The summed E-state index contributed by atoms with van der Waals surface area (Å²) in [5, 5.41) is 13.1. The number of ether oxygens (including phenoxy) is 2. The van der Waals surface area contributed by atoms with Crippen molar-refractivity contribution in [2.45, 2.75) is 32.6 Å². The Morgan fingerprint density at radius 3 is 2.83 bits per heavy atom.